The van der Waals surface area contributed by atoms with Crippen molar-refractivity contribution >= 4 is 45.0 Å². The zero-order valence-corrected chi connectivity index (χ0v) is 16.7. The molecule has 3 fully saturated rings. The highest BCUT2D eigenvalue weighted by molar-refractivity contribution is 9.10. The predicted octanol–water partition coefficient (Wildman–Crippen LogP) is 4.24. The molecular weight excluding hydrogens is 420 g/mol. The van der Waals surface area contributed by atoms with Gasteiger partial charge in [0.2, 0.25) is 11.8 Å². The standard InChI is InChI=1S/C22H19BrN2O3/c23-15-6-8-16(9-7-15)24-20(26)14-2-1-3-17(11-14)25-21(27)18-12-4-5-13(10-12)19(18)22(25)28/h1-3,6-9,11-13,18-19H,4-5,10H2,(H,24,26)/t12-,13-,18-,19+/m1/s1. The summed E-state index contributed by atoms with van der Waals surface area (Å²) in [4.78, 5) is 39.9. The lowest BCUT2D eigenvalue weighted by Gasteiger charge is -2.19. The van der Waals surface area contributed by atoms with E-state index in [1.807, 2.05) is 12.1 Å². The van der Waals surface area contributed by atoms with Crippen LogP contribution in [0.4, 0.5) is 11.4 Å². The number of benzene rings is 2. The molecule has 5 nitrogen and oxygen atoms in total. The van der Waals surface area contributed by atoms with Crippen molar-refractivity contribution in [2.45, 2.75) is 19.3 Å². The zero-order valence-electron chi connectivity index (χ0n) is 15.1. The number of imide groups is 1. The minimum absolute atomic E-state index is 0.0901. The number of hydrogen-bond acceptors (Lipinski definition) is 3. The fourth-order valence-corrected chi connectivity index (χ4v) is 5.45. The average molecular weight is 439 g/mol. The molecule has 2 saturated carbocycles. The maximum atomic E-state index is 13.0. The van der Waals surface area contributed by atoms with Gasteiger partial charge < -0.3 is 5.32 Å². The maximum absolute atomic E-state index is 13.0. The van der Waals surface area contributed by atoms with Crippen molar-refractivity contribution in [3.05, 3.63) is 58.6 Å². The minimum atomic E-state index is -0.275. The van der Waals surface area contributed by atoms with Gasteiger partial charge in [0.1, 0.15) is 0 Å². The monoisotopic (exact) mass is 438 g/mol. The van der Waals surface area contributed by atoms with E-state index in [1.54, 1.807) is 36.4 Å². The summed E-state index contributed by atoms with van der Waals surface area (Å²) in [5.74, 6) is -0.0810. The van der Waals surface area contributed by atoms with Gasteiger partial charge in [0.05, 0.1) is 17.5 Å². The van der Waals surface area contributed by atoms with E-state index >= 15 is 0 Å². The highest BCUT2D eigenvalue weighted by Gasteiger charge is 2.61. The zero-order chi connectivity index (χ0) is 19.4. The van der Waals surface area contributed by atoms with Crippen LogP contribution in [-0.4, -0.2) is 17.7 Å². The number of fused-ring (bicyclic) bond motifs is 5. The van der Waals surface area contributed by atoms with Gasteiger partial charge in [0.15, 0.2) is 0 Å². The molecule has 5 rings (SSSR count). The molecule has 4 atom stereocenters. The Morgan fingerprint density at radius 3 is 2.25 bits per heavy atom. The van der Waals surface area contributed by atoms with E-state index in [0.717, 1.165) is 23.7 Å². The number of carbonyl (C=O) groups is 3. The molecule has 0 aromatic heterocycles. The molecular formula is C22H19BrN2O3. The molecule has 2 aromatic rings. The first-order chi connectivity index (χ1) is 13.5. The van der Waals surface area contributed by atoms with Gasteiger partial charge in [-0.25, -0.2) is 0 Å². The second kappa shape index (κ2) is 6.55. The Hall–Kier alpha value is -2.47. The summed E-state index contributed by atoms with van der Waals surface area (Å²) in [7, 11) is 0. The van der Waals surface area contributed by atoms with Crippen molar-refractivity contribution < 1.29 is 14.4 Å². The van der Waals surface area contributed by atoms with Gasteiger partial charge in [0.25, 0.3) is 5.91 Å². The van der Waals surface area contributed by atoms with Crippen LogP contribution >= 0.6 is 15.9 Å². The largest absolute Gasteiger partial charge is 0.322 e. The van der Waals surface area contributed by atoms with E-state index in [2.05, 4.69) is 21.2 Å². The Balaban J connectivity index is 1.40. The highest BCUT2D eigenvalue weighted by atomic mass is 79.9. The van der Waals surface area contributed by atoms with E-state index in [4.69, 9.17) is 0 Å². The second-order valence-corrected chi connectivity index (χ2v) is 8.82. The third-order valence-corrected chi connectivity index (χ3v) is 6.92. The van der Waals surface area contributed by atoms with Crippen molar-refractivity contribution in [1.29, 1.82) is 0 Å². The molecule has 1 N–H and O–H groups in total. The Morgan fingerprint density at radius 1 is 0.964 bits per heavy atom. The average Bonchev–Trinajstić information content (AvgIpc) is 3.37. The van der Waals surface area contributed by atoms with E-state index in [0.29, 0.717) is 28.8 Å². The van der Waals surface area contributed by atoms with Crippen molar-refractivity contribution in [3.63, 3.8) is 0 Å². The van der Waals surface area contributed by atoms with Crippen LogP contribution in [0.25, 0.3) is 0 Å². The van der Waals surface area contributed by atoms with Gasteiger partial charge in [-0.3, -0.25) is 19.3 Å². The van der Waals surface area contributed by atoms with Crippen LogP contribution in [0.2, 0.25) is 0 Å². The van der Waals surface area contributed by atoms with E-state index in [1.165, 1.54) is 4.90 Å². The summed E-state index contributed by atoms with van der Waals surface area (Å²) in [5, 5.41) is 2.84. The first kappa shape index (κ1) is 17.6. The molecule has 1 heterocycles. The van der Waals surface area contributed by atoms with Gasteiger partial charge in [-0.15, -0.1) is 0 Å². The first-order valence-electron chi connectivity index (χ1n) is 9.58. The summed E-state index contributed by atoms with van der Waals surface area (Å²) in [6.45, 7) is 0. The molecule has 0 unspecified atom stereocenters. The van der Waals surface area contributed by atoms with Gasteiger partial charge in [-0.2, -0.15) is 0 Å². The molecule has 6 heteroatoms. The lowest BCUT2D eigenvalue weighted by Crippen LogP contribution is -2.33. The van der Waals surface area contributed by atoms with Crippen LogP contribution in [0.15, 0.2) is 53.0 Å². The van der Waals surface area contributed by atoms with E-state index < -0.39 is 0 Å². The van der Waals surface area contributed by atoms with Gasteiger partial charge >= 0.3 is 0 Å². The normalized spacial score (nSPS) is 28.0. The van der Waals surface area contributed by atoms with Crippen molar-refractivity contribution in [2.24, 2.45) is 23.7 Å². The molecule has 2 bridgehead atoms. The van der Waals surface area contributed by atoms with Gasteiger partial charge in [-0.05, 0) is 73.6 Å². The van der Waals surface area contributed by atoms with Crippen LogP contribution in [0.1, 0.15) is 29.6 Å². The van der Waals surface area contributed by atoms with Gasteiger partial charge in [-0.1, -0.05) is 22.0 Å². The van der Waals surface area contributed by atoms with Crippen molar-refractivity contribution in [1.82, 2.24) is 0 Å². The van der Waals surface area contributed by atoms with Crippen LogP contribution in [0.3, 0.4) is 0 Å². The lowest BCUT2D eigenvalue weighted by molar-refractivity contribution is -0.123. The number of rotatable bonds is 3. The molecule has 0 radical (unpaired) electrons. The summed E-state index contributed by atoms with van der Waals surface area (Å²) in [6, 6.07) is 14.1. The molecule has 1 aliphatic heterocycles. The van der Waals surface area contributed by atoms with Crippen LogP contribution in [0.5, 0.6) is 0 Å². The number of anilines is 2. The number of amides is 3. The quantitative estimate of drug-likeness (QED) is 0.728. The van der Waals surface area contributed by atoms with Crippen molar-refractivity contribution in [3.8, 4) is 0 Å². The molecule has 0 spiro atoms. The summed E-state index contributed by atoms with van der Waals surface area (Å²) >= 11 is 3.37. The Bertz CT molecular complexity index is 960. The fraction of sp³-hybridized carbons (Fsp3) is 0.318. The van der Waals surface area contributed by atoms with E-state index in [9.17, 15) is 14.4 Å². The van der Waals surface area contributed by atoms with E-state index in [-0.39, 0.29) is 29.6 Å². The molecule has 2 aromatic carbocycles. The molecule has 1 saturated heterocycles. The van der Waals surface area contributed by atoms with Crippen LogP contribution in [-0.2, 0) is 9.59 Å². The fourth-order valence-electron chi connectivity index (χ4n) is 5.19. The first-order valence-corrected chi connectivity index (χ1v) is 10.4. The number of nitrogens with zero attached hydrogens (tertiary/aromatic N) is 1. The Kier molecular flexibility index (Phi) is 4.12. The summed E-state index contributed by atoms with van der Waals surface area (Å²) < 4.78 is 0.929. The third-order valence-electron chi connectivity index (χ3n) is 6.40. The molecule has 28 heavy (non-hydrogen) atoms. The number of nitrogens with one attached hydrogen (secondary N) is 1. The molecule has 3 amide bonds. The topological polar surface area (TPSA) is 66.5 Å². The smallest absolute Gasteiger partial charge is 0.255 e. The summed E-state index contributed by atoms with van der Waals surface area (Å²) in [5.41, 5.74) is 1.59. The maximum Gasteiger partial charge on any atom is 0.255 e. The van der Waals surface area contributed by atoms with Gasteiger partial charge in [0, 0.05) is 15.7 Å². The molecule has 3 aliphatic rings. The number of halogens is 1. The third kappa shape index (κ3) is 2.70. The lowest BCUT2D eigenvalue weighted by atomic mass is 9.81. The second-order valence-electron chi connectivity index (χ2n) is 7.91. The summed E-state index contributed by atoms with van der Waals surface area (Å²) in [6.07, 6.45) is 3.11. The highest BCUT2D eigenvalue weighted by Crippen LogP contribution is 2.56. The molecule has 142 valence electrons. The Labute approximate surface area is 171 Å². The minimum Gasteiger partial charge on any atom is -0.322 e. The number of hydrogen-bond donors (Lipinski definition) is 1. The van der Waals surface area contributed by atoms with Crippen LogP contribution in [0, 0.1) is 23.7 Å². The predicted molar refractivity (Wildman–Crippen MR) is 109 cm³/mol. The van der Waals surface area contributed by atoms with Crippen LogP contribution < -0.4 is 10.2 Å². The van der Waals surface area contributed by atoms with Crippen molar-refractivity contribution in [2.75, 3.05) is 10.2 Å². The SMILES string of the molecule is O=C(Nc1ccc(Br)cc1)c1cccc(N2C(=O)[C@@H]3[C@@H]4CC[C@H](C4)[C@@H]3C2=O)c1. The number of carbonyl (C=O) groups excluding carboxylic acids is 3. The Morgan fingerprint density at radius 2 is 1.61 bits per heavy atom. The molecule has 2 aliphatic carbocycles.